The minimum atomic E-state index is 0.0325. The molecule has 0 aliphatic heterocycles. The molecule has 3 heteroatoms. The van der Waals surface area contributed by atoms with E-state index in [2.05, 4.69) is 0 Å². The van der Waals surface area contributed by atoms with Gasteiger partial charge in [-0.25, -0.2) is 0 Å². The second kappa shape index (κ2) is 4.14. The maximum atomic E-state index is 9.11. The number of benzene rings is 1. The van der Waals surface area contributed by atoms with Crippen LogP contribution in [0, 0.1) is 0 Å². The van der Waals surface area contributed by atoms with E-state index in [0.29, 0.717) is 0 Å². The van der Waals surface area contributed by atoms with Gasteiger partial charge < -0.3 is 14.7 Å². The maximum absolute atomic E-state index is 9.11. The molecule has 72 valence electrons. The summed E-state index contributed by atoms with van der Waals surface area (Å²) in [4.78, 5) is 1.93. The Hall–Kier alpha value is -1.22. The molecule has 0 atom stereocenters. The molecule has 0 aromatic heterocycles. The molecule has 0 aliphatic carbocycles. The van der Waals surface area contributed by atoms with Gasteiger partial charge in [0.15, 0.2) is 0 Å². The molecule has 1 rings (SSSR count). The first-order chi connectivity index (χ1) is 6.20. The molecule has 0 saturated heterocycles. The molecular weight excluding hydrogens is 166 g/mol. The van der Waals surface area contributed by atoms with Crippen LogP contribution in [0.3, 0.4) is 0 Å². The Labute approximate surface area is 78.6 Å². The lowest BCUT2D eigenvalue weighted by atomic mass is 10.1. The summed E-state index contributed by atoms with van der Waals surface area (Å²) in [6.07, 6.45) is 0. The van der Waals surface area contributed by atoms with E-state index in [0.717, 1.165) is 17.0 Å². The number of anilines is 1. The highest BCUT2D eigenvalue weighted by Gasteiger charge is 2.09. The summed E-state index contributed by atoms with van der Waals surface area (Å²) in [6.45, 7) is 0.0325. The van der Waals surface area contributed by atoms with E-state index in [-0.39, 0.29) is 6.61 Å². The first-order valence-corrected chi connectivity index (χ1v) is 4.14. The number of nitrogens with zero attached hydrogens (tertiary/aromatic N) is 1. The number of para-hydroxylation sites is 1. The summed E-state index contributed by atoms with van der Waals surface area (Å²) in [5, 5.41) is 9.11. The van der Waals surface area contributed by atoms with Gasteiger partial charge in [0, 0.05) is 19.7 Å². The Morgan fingerprint density at radius 1 is 1.38 bits per heavy atom. The lowest BCUT2D eigenvalue weighted by Gasteiger charge is -2.19. The van der Waals surface area contributed by atoms with Gasteiger partial charge >= 0.3 is 0 Å². The standard InChI is InChI=1S/C10H15NO2/c1-11(2)10-8(7-12)5-4-6-9(10)13-3/h4-6,12H,7H2,1-3H3. The SMILES string of the molecule is COc1cccc(CO)c1N(C)C. The number of rotatable bonds is 3. The number of methoxy groups -OCH3 is 1. The smallest absolute Gasteiger partial charge is 0.142 e. The Kier molecular flexibility index (Phi) is 3.14. The van der Waals surface area contributed by atoms with Gasteiger partial charge in [-0.05, 0) is 6.07 Å². The fraction of sp³-hybridized carbons (Fsp3) is 0.400. The summed E-state index contributed by atoms with van der Waals surface area (Å²) >= 11 is 0. The number of ether oxygens (including phenoxy) is 1. The second-order valence-electron chi connectivity index (χ2n) is 3.02. The van der Waals surface area contributed by atoms with Gasteiger partial charge in [0.1, 0.15) is 5.75 Å². The molecule has 0 radical (unpaired) electrons. The minimum absolute atomic E-state index is 0.0325. The van der Waals surface area contributed by atoms with Crippen LogP contribution < -0.4 is 9.64 Å². The second-order valence-corrected chi connectivity index (χ2v) is 3.02. The van der Waals surface area contributed by atoms with Gasteiger partial charge in [-0.1, -0.05) is 12.1 Å². The van der Waals surface area contributed by atoms with Crippen LogP contribution in [-0.2, 0) is 6.61 Å². The summed E-state index contributed by atoms with van der Waals surface area (Å²) in [6, 6.07) is 5.64. The lowest BCUT2D eigenvalue weighted by molar-refractivity contribution is 0.281. The third-order valence-corrected chi connectivity index (χ3v) is 1.92. The van der Waals surface area contributed by atoms with Crippen molar-refractivity contribution in [2.45, 2.75) is 6.61 Å². The van der Waals surface area contributed by atoms with Crippen molar-refractivity contribution in [2.75, 3.05) is 26.1 Å². The molecule has 1 aromatic rings. The largest absolute Gasteiger partial charge is 0.495 e. The van der Waals surface area contributed by atoms with Gasteiger partial charge in [0.05, 0.1) is 19.4 Å². The predicted octanol–water partition coefficient (Wildman–Crippen LogP) is 1.25. The third kappa shape index (κ3) is 1.92. The molecule has 0 amide bonds. The van der Waals surface area contributed by atoms with Crippen molar-refractivity contribution in [2.24, 2.45) is 0 Å². The van der Waals surface area contributed by atoms with Crippen LogP contribution in [-0.4, -0.2) is 26.3 Å². The predicted molar refractivity (Wildman–Crippen MR) is 53.2 cm³/mol. The molecule has 0 saturated carbocycles. The molecule has 0 unspecified atom stereocenters. The molecular formula is C10H15NO2. The van der Waals surface area contributed by atoms with Crippen molar-refractivity contribution in [3.8, 4) is 5.75 Å². The Bertz CT molecular complexity index is 262. The summed E-state index contributed by atoms with van der Waals surface area (Å²) < 4.78 is 5.20. The molecule has 0 fully saturated rings. The highest BCUT2D eigenvalue weighted by molar-refractivity contribution is 5.62. The van der Waals surface area contributed by atoms with Crippen LogP contribution in [0.1, 0.15) is 5.56 Å². The molecule has 0 aliphatic rings. The van der Waals surface area contributed by atoms with E-state index in [1.165, 1.54) is 0 Å². The molecule has 0 bridgehead atoms. The van der Waals surface area contributed by atoms with Crippen LogP contribution >= 0.6 is 0 Å². The first-order valence-electron chi connectivity index (χ1n) is 4.14. The van der Waals surface area contributed by atoms with Crippen molar-refractivity contribution in [1.82, 2.24) is 0 Å². The molecule has 0 heterocycles. The zero-order valence-corrected chi connectivity index (χ0v) is 8.24. The van der Waals surface area contributed by atoms with Gasteiger partial charge in [-0.2, -0.15) is 0 Å². The van der Waals surface area contributed by atoms with Gasteiger partial charge in [0.25, 0.3) is 0 Å². The third-order valence-electron chi connectivity index (χ3n) is 1.92. The van der Waals surface area contributed by atoms with Crippen molar-refractivity contribution in [3.05, 3.63) is 23.8 Å². The van der Waals surface area contributed by atoms with E-state index in [1.807, 2.05) is 37.2 Å². The number of aliphatic hydroxyl groups excluding tert-OH is 1. The lowest BCUT2D eigenvalue weighted by Crippen LogP contribution is -2.12. The van der Waals surface area contributed by atoms with Gasteiger partial charge in [-0.15, -0.1) is 0 Å². The van der Waals surface area contributed by atoms with Crippen LogP contribution in [0.25, 0.3) is 0 Å². The van der Waals surface area contributed by atoms with Crippen molar-refractivity contribution < 1.29 is 9.84 Å². The average Bonchev–Trinajstić information content (AvgIpc) is 2.16. The maximum Gasteiger partial charge on any atom is 0.142 e. The fourth-order valence-electron chi connectivity index (χ4n) is 1.37. The van der Waals surface area contributed by atoms with Gasteiger partial charge in [-0.3, -0.25) is 0 Å². The van der Waals surface area contributed by atoms with E-state index < -0.39 is 0 Å². The highest BCUT2D eigenvalue weighted by Crippen LogP contribution is 2.30. The van der Waals surface area contributed by atoms with Crippen LogP contribution in [0.2, 0.25) is 0 Å². The molecule has 13 heavy (non-hydrogen) atoms. The normalized spacial score (nSPS) is 9.85. The fourth-order valence-corrected chi connectivity index (χ4v) is 1.37. The average molecular weight is 181 g/mol. The van der Waals surface area contributed by atoms with Gasteiger partial charge in [0.2, 0.25) is 0 Å². The van der Waals surface area contributed by atoms with E-state index in [1.54, 1.807) is 7.11 Å². The summed E-state index contributed by atoms with van der Waals surface area (Å²) in [5.41, 5.74) is 1.82. The quantitative estimate of drug-likeness (QED) is 0.761. The van der Waals surface area contributed by atoms with Crippen molar-refractivity contribution >= 4 is 5.69 Å². The van der Waals surface area contributed by atoms with E-state index >= 15 is 0 Å². The monoisotopic (exact) mass is 181 g/mol. The molecule has 3 nitrogen and oxygen atoms in total. The molecule has 1 N–H and O–H groups in total. The zero-order valence-electron chi connectivity index (χ0n) is 8.24. The Morgan fingerprint density at radius 3 is 2.54 bits per heavy atom. The number of aliphatic hydroxyl groups is 1. The first kappa shape index (κ1) is 9.86. The summed E-state index contributed by atoms with van der Waals surface area (Å²) in [5.74, 6) is 0.788. The van der Waals surface area contributed by atoms with E-state index in [4.69, 9.17) is 9.84 Å². The topological polar surface area (TPSA) is 32.7 Å². The number of hydrogen-bond donors (Lipinski definition) is 1. The molecule has 1 aromatic carbocycles. The number of hydrogen-bond acceptors (Lipinski definition) is 3. The van der Waals surface area contributed by atoms with Crippen molar-refractivity contribution in [1.29, 1.82) is 0 Å². The zero-order chi connectivity index (χ0) is 9.84. The van der Waals surface area contributed by atoms with Crippen LogP contribution in [0.15, 0.2) is 18.2 Å². The van der Waals surface area contributed by atoms with Crippen LogP contribution in [0.5, 0.6) is 5.75 Å². The van der Waals surface area contributed by atoms with Crippen LogP contribution in [0.4, 0.5) is 5.69 Å². The minimum Gasteiger partial charge on any atom is -0.495 e. The molecule has 0 spiro atoms. The van der Waals surface area contributed by atoms with E-state index in [9.17, 15) is 0 Å². The Morgan fingerprint density at radius 2 is 2.08 bits per heavy atom. The highest BCUT2D eigenvalue weighted by atomic mass is 16.5. The Balaban J connectivity index is 3.21. The summed E-state index contributed by atoms with van der Waals surface area (Å²) in [7, 11) is 5.48. The van der Waals surface area contributed by atoms with Crippen molar-refractivity contribution in [3.63, 3.8) is 0 Å².